The monoisotopic (exact) mass is 260 g/mol. The Morgan fingerprint density at radius 1 is 1.32 bits per heavy atom. The molecule has 19 heavy (non-hydrogen) atoms. The van der Waals surface area contributed by atoms with Crippen molar-refractivity contribution in [1.29, 1.82) is 0 Å². The molecule has 0 aliphatic carbocycles. The molecule has 2 aromatic rings. The Morgan fingerprint density at radius 3 is 2.74 bits per heavy atom. The number of aromatic carboxylic acids is 1. The minimum atomic E-state index is -1.10. The minimum Gasteiger partial charge on any atom is -0.478 e. The lowest BCUT2D eigenvalue weighted by atomic mass is 10.1. The summed E-state index contributed by atoms with van der Waals surface area (Å²) in [5.41, 5.74) is 7.37. The molecule has 2 rings (SSSR count). The molecule has 4 N–H and O–H groups in total. The Morgan fingerprint density at radius 2 is 2.05 bits per heavy atom. The van der Waals surface area contributed by atoms with Crippen LogP contribution in [0.1, 0.15) is 15.9 Å². The van der Waals surface area contributed by atoms with E-state index in [2.05, 4.69) is 5.32 Å². The maximum absolute atomic E-state index is 13.4. The van der Waals surface area contributed by atoms with Crippen molar-refractivity contribution in [2.24, 2.45) is 0 Å². The number of benzene rings is 2. The number of nitrogen functional groups attached to an aromatic ring is 1. The van der Waals surface area contributed by atoms with E-state index in [1.165, 1.54) is 18.2 Å². The SMILES string of the molecule is Cc1c(F)cccc1Nc1ccc(N)c(C(=O)O)c1. The van der Waals surface area contributed by atoms with E-state index in [-0.39, 0.29) is 17.1 Å². The summed E-state index contributed by atoms with van der Waals surface area (Å²) in [5.74, 6) is -1.42. The number of rotatable bonds is 3. The molecule has 0 unspecified atom stereocenters. The first-order chi connectivity index (χ1) is 8.99. The summed E-state index contributed by atoms with van der Waals surface area (Å²) in [6.45, 7) is 1.65. The van der Waals surface area contributed by atoms with Crippen molar-refractivity contribution in [3.05, 3.63) is 53.3 Å². The van der Waals surface area contributed by atoms with Crippen molar-refractivity contribution < 1.29 is 14.3 Å². The standard InChI is InChI=1S/C14H13FN2O2/c1-8-11(15)3-2-4-13(8)17-9-5-6-12(16)10(7-9)14(18)19/h2-7,17H,16H2,1H3,(H,18,19). The maximum Gasteiger partial charge on any atom is 0.337 e. The lowest BCUT2D eigenvalue weighted by molar-refractivity contribution is 0.0698. The van der Waals surface area contributed by atoms with Crippen molar-refractivity contribution in [1.82, 2.24) is 0 Å². The molecule has 4 nitrogen and oxygen atoms in total. The van der Waals surface area contributed by atoms with E-state index in [0.29, 0.717) is 16.9 Å². The van der Waals surface area contributed by atoms with Crippen LogP contribution in [0.4, 0.5) is 21.5 Å². The van der Waals surface area contributed by atoms with Crippen molar-refractivity contribution in [3.8, 4) is 0 Å². The van der Waals surface area contributed by atoms with Gasteiger partial charge in [-0.05, 0) is 37.3 Å². The zero-order valence-corrected chi connectivity index (χ0v) is 10.3. The highest BCUT2D eigenvalue weighted by atomic mass is 19.1. The molecule has 0 atom stereocenters. The summed E-state index contributed by atoms with van der Waals surface area (Å²) in [6, 6.07) is 9.23. The van der Waals surface area contributed by atoms with Crippen molar-refractivity contribution in [2.75, 3.05) is 11.1 Å². The second-order valence-electron chi connectivity index (χ2n) is 4.14. The number of hydrogen-bond acceptors (Lipinski definition) is 3. The fourth-order valence-corrected chi connectivity index (χ4v) is 1.72. The fraction of sp³-hybridized carbons (Fsp3) is 0.0714. The lowest BCUT2D eigenvalue weighted by Gasteiger charge is -2.11. The van der Waals surface area contributed by atoms with Gasteiger partial charge in [-0.1, -0.05) is 6.07 Å². The molecule has 0 bridgehead atoms. The Hall–Kier alpha value is -2.56. The minimum absolute atomic E-state index is 0.0130. The number of nitrogens with two attached hydrogens (primary N) is 1. The number of carboxylic acids is 1. The second kappa shape index (κ2) is 4.97. The average molecular weight is 260 g/mol. The van der Waals surface area contributed by atoms with E-state index < -0.39 is 5.97 Å². The lowest BCUT2D eigenvalue weighted by Crippen LogP contribution is -2.03. The third kappa shape index (κ3) is 2.65. The van der Waals surface area contributed by atoms with Crippen molar-refractivity contribution in [3.63, 3.8) is 0 Å². The highest BCUT2D eigenvalue weighted by molar-refractivity contribution is 5.95. The van der Waals surface area contributed by atoms with Gasteiger partial charge in [-0.2, -0.15) is 0 Å². The third-order valence-corrected chi connectivity index (χ3v) is 2.83. The molecule has 98 valence electrons. The van der Waals surface area contributed by atoms with Crippen LogP contribution < -0.4 is 11.1 Å². The number of carbonyl (C=O) groups is 1. The highest BCUT2D eigenvalue weighted by Crippen LogP contribution is 2.24. The van der Waals surface area contributed by atoms with Crippen LogP contribution in [0.3, 0.4) is 0 Å². The van der Waals surface area contributed by atoms with Gasteiger partial charge in [-0.3, -0.25) is 0 Å². The Balaban J connectivity index is 2.36. The first kappa shape index (κ1) is 12.9. The molecular weight excluding hydrogens is 247 g/mol. The number of hydrogen-bond donors (Lipinski definition) is 3. The molecule has 0 aliphatic rings. The summed E-state index contributed by atoms with van der Waals surface area (Å²) in [7, 11) is 0. The van der Waals surface area contributed by atoms with Gasteiger partial charge in [-0.15, -0.1) is 0 Å². The molecule has 0 radical (unpaired) electrons. The van der Waals surface area contributed by atoms with Crippen LogP contribution in [-0.2, 0) is 0 Å². The quantitative estimate of drug-likeness (QED) is 0.741. The van der Waals surface area contributed by atoms with Gasteiger partial charge in [0.15, 0.2) is 0 Å². The fourth-order valence-electron chi connectivity index (χ4n) is 1.72. The van der Waals surface area contributed by atoms with Gasteiger partial charge >= 0.3 is 5.97 Å². The van der Waals surface area contributed by atoms with Gasteiger partial charge in [-0.25, -0.2) is 9.18 Å². The molecule has 0 saturated carbocycles. The van der Waals surface area contributed by atoms with Crippen LogP contribution >= 0.6 is 0 Å². The van der Waals surface area contributed by atoms with Crippen LogP contribution in [0.5, 0.6) is 0 Å². The van der Waals surface area contributed by atoms with Gasteiger partial charge in [0.05, 0.1) is 5.56 Å². The first-order valence-corrected chi connectivity index (χ1v) is 5.64. The molecule has 0 saturated heterocycles. The largest absolute Gasteiger partial charge is 0.478 e. The number of halogens is 1. The Bertz CT molecular complexity index is 641. The van der Waals surface area contributed by atoms with Crippen LogP contribution in [0, 0.1) is 12.7 Å². The molecule has 0 aliphatic heterocycles. The van der Waals surface area contributed by atoms with E-state index in [9.17, 15) is 9.18 Å². The second-order valence-corrected chi connectivity index (χ2v) is 4.14. The summed E-state index contributed by atoms with van der Waals surface area (Å²) in [4.78, 5) is 11.0. The van der Waals surface area contributed by atoms with Gasteiger partial charge < -0.3 is 16.2 Å². The van der Waals surface area contributed by atoms with Crippen molar-refractivity contribution in [2.45, 2.75) is 6.92 Å². The number of carboxylic acid groups (broad SMARTS) is 1. The zero-order chi connectivity index (χ0) is 14.0. The van der Waals surface area contributed by atoms with E-state index in [1.54, 1.807) is 25.1 Å². The average Bonchev–Trinajstić information content (AvgIpc) is 2.37. The summed E-state index contributed by atoms with van der Waals surface area (Å²) in [6.07, 6.45) is 0. The van der Waals surface area contributed by atoms with Crippen LogP contribution in [0.15, 0.2) is 36.4 Å². The Kier molecular flexibility index (Phi) is 3.37. The summed E-state index contributed by atoms with van der Waals surface area (Å²) >= 11 is 0. The number of anilines is 3. The van der Waals surface area contributed by atoms with E-state index >= 15 is 0 Å². The molecule has 0 spiro atoms. The highest BCUT2D eigenvalue weighted by Gasteiger charge is 2.09. The molecule has 0 fully saturated rings. The molecule has 0 amide bonds. The van der Waals surface area contributed by atoms with E-state index in [0.717, 1.165) is 0 Å². The smallest absolute Gasteiger partial charge is 0.337 e. The predicted molar refractivity (Wildman–Crippen MR) is 72.2 cm³/mol. The van der Waals surface area contributed by atoms with Gasteiger partial charge in [0.25, 0.3) is 0 Å². The van der Waals surface area contributed by atoms with Crippen LogP contribution in [-0.4, -0.2) is 11.1 Å². The molecule has 0 heterocycles. The third-order valence-electron chi connectivity index (χ3n) is 2.83. The molecule has 0 aromatic heterocycles. The topological polar surface area (TPSA) is 75.3 Å². The molecule has 5 heteroatoms. The van der Waals surface area contributed by atoms with Gasteiger partial charge in [0.2, 0.25) is 0 Å². The first-order valence-electron chi connectivity index (χ1n) is 5.64. The van der Waals surface area contributed by atoms with E-state index in [1.807, 2.05) is 0 Å². The summed E-state index contributed by atoms with van der Waals surface area (Å²) in [5, 5.41) is 12.0. The molecular formula is C14H13FN2O2. The van der Waals surface area contributed by atoms with Crippen molar-refractivity contribution >= 4 is 23.0 Å². The number of nitrogens with one attached hydrogen (secondary N) is 1. The van der Waals surface area contributed by atoms with Gasteiger partial charge in [0.1, 0.15) is 5.82 Å². The maximum atomic E-state index is 13.4. The molecule has 2 aromatic carbocycles. The summed E-state index contributed by atoms with van der Waals surface area (Å²) < 4.78 is 13.4. The van der Waals surface area contributed by atoms with E-state index in [4.69, 9.17) is 10.8 Å². The Labute approximate surface area is 109 Å². The zero-order valence-electron chi connectivity index (χ0n) is 10.3. The normalized spacial score (nSPS) is 10.2. The predicted octanol–water partition coefficient (Wildman–Crippen LogP) is 3.16. The van der Waals surface area contributed by atoms with Crippen LogP contribution in [0.25, 0.3) is 0 Å². The van der Waals surface area contributed by atoms with Crippen LogP contribution in [0.2, 0.25) is 0 Å². The van der Waals surface area contributed by atoms with Gasteiger partial charge in [0, 0.05) is 22.6 Å².